The SMILES string of the molecule is CCOc1nc2nn(C)cc2cc1-n1nc(I)c(C(C)C)c1C. The van der Waals surface area contributed by atoms with E-state index in [1.54, 1.807) is 4.68 Å². The molecule has 3 aromatic rings. The Kier molecular flexibility index (Phi) is 4.31. The van der Waals surface area contributed by atoms with Crippen molar-refractivity contribution in [3.05, 3.63) is 27.2 Å². The van der Waals surface area contributed by atoms with Gasteiger partial charge in [0.2, 0.25) is 5.88 Å². The molecule has 6 nitrogen and oxygen atoms in total. The smallest absolute Gasteiger partial charge is 0.242 e. The number of aryl methyl sites for hydroxylation is 1. The summed E-state index contributed by atoms with van der Waals surface area (Å²) in [5.74, 6) is 0.984. The van der Waals surface area contributed by atoms with Crippen molar-refractivity contribution in [1.29, 1.82) is 0 Å². The van der Waals surface area contributed by atoms with Crippen LogP contribution in [0.15, 0.2) is 12.3 Å². The van der Waals surface area contributed by atoms with E-state index in [2.05, 4.69) is 53.4 Å². The molecule has 0 spiro atoms. The number of pyridine rings is 1. The average molecular weight is 425 g/mol. The second-order valence-electron chi connectivity index (χ2n) is 5.82. The normalized spacial score (nSPS) is 11.6. The molecule has 3 heterocycles. The predicted molar refractivity (Wildman–Crippen MR) is 98.3 cm³/mol. The van der Waals surface area contributed by atoms with E-state index in [-0.39, 0.29) is 0 Å². The Labute approximate surface area is 149 Å². The summed E-state index contributed by atoms with van der Waals surface area (Å²) in [6.45, 7) is 8.96. The van der Waals surface area contributed by atoms with Gasteiger partial charge in [0.25, 0.3) is 0 Å². The zero-order valence-electron chi connectivity index (χ0n) is 14.0. The lowest BCUT2D eigenvalue weighted by molar-refractivity contribution is 0.326. The summed E-state index contributed by atoms with van der Waals surface area (Å²) in [4.78, 5) is 4.57. The fourth-order valence-corrected chi connectivity index (χ4v) is 4.04. The second kappa shape index (κ2) is 6.10. The van der Waals surface area contributed by atoms with E-state index in [1.807, 2.05) is 30.9 Å². The van der Waals surface area contributed by atoms with Crippen LogP contribution in [0, 0.1) is 10.6 Å². The summed E-state index contributed by atoms with van der Waals surface area (Å²) in [6, 6.07) is 2.04. The van der Waals surface area contributed by atoms with Crippen LogP contribution >= 0.6 is 22.6 Å². The van der Waals surface area contributed by atoms with Crippen LogP contribution in [0.3, 0.4) is 0 Å². The van der Waals surface area contributed by atoms with E-state index >= 15 is 0 Å². The molecule has 0 aliphatic heterocycles. The number of nitrogens with zero attached hydrogens (tertiary/aromatic N) is 5. The molecule has 0 radical (unpaired) electrons. The monoisotopic (exact) mass is 425 g/mol. The molecular formula is C16H20IN5O. The number of hydrogen-bond donors (Lipinski definition) is 0. The van der Waals surface area contributed by atoms with Crippen LogP contribution in [0.5, 0.6) is 5.88 Å². The molecule has 0 aromatic carbocycles. The van der Waals surface area contributed by atoms with E-state index in [0.717, 1.165) is 20.5 Å². The topological polar surface area (TPSA) is 57.8 Å². The number of fused-ring (bicyclic) bond motifs is 1. The minimum atomic E-state index is 0.418. The molecule has 0 bridgehead atoms. The Balaban J connectivity index is 2.25. The number of hydrogen-bond acceptors (Lipinski definition) is 4. The van der Waals surface area contributed by atoms with E-state index in [4.69, 9.17) is 9.84 Å². The largest absolute Gasteiger partial charge is 0.476 e. The van der Waals surface area contributed by atoms with Crippen LogP contribution in [0.25, 0.3) is 16.7 Å². The third-order valence-electron chi connectivity index (χ3n) is 3.76. The van der Waals surface area contributed by atoms with Gasteiger partial charge in [0.15, 0.2) is 5.65 Å². The highest BCUT2D eigenvalue weighted by atomic mass is 127. The van der Waals surface area contributed by atoms with Crippen LogP contribution in [0.2, 0.25) is 0 Å². The van der Waals surface area contributed by atoms with Gasteiger partial charge in [0.1, 0.15) is 9.39 Å². The first-order valence-electron chi connectivity index (χ1n) is 7.65. The maximum atomic E-state index is 5.75. The molecule has 3 aromatic heterocycles. The summed E-state index contributed by atoms with van der Waals surface area (Å²) in [7, 11) is 1.89. The first-order valence-corrected chi connectivity index (χ1v) is 8.72. The number of ether oxygens (including phenoxy) is 1. The minimum absolute atomic E-state index is 0.418. The standard InChI is InChI=1S/C16H20IN5O/c1-6-23-16-12(7-11-8-21(5)20-15(11)18-16)22-10(4)13(9(2)3)14(17)19-22/h7-9H,6H2,1-5H3. The van der Waals surface area contributed by atoms with Gasteiger partial charge in [-0.3, -0.25) is 4.68 Å². The van der Waals surface area contributed by atoms with Gasteiger partial charge in [-0.05, 0) is 48.4 Å². The van der Waals surface area contributed by atoms with Gasteiger partial charge in [0.05, 0.1) is 6.61 Å². The first-order chi connectivity index (χ1) is 10.9. The molecule has 0 aliphatic carbocycles. The molecule has 0 amide bonds. The van der Waals surface area contributed by atoms with Crippen molar-refractivity contribution < 1.29 is 4.74 Å². The highest BCUT2D eigenvalue weighted by molar-refractivity contribution is 14.1. The third-order valence-corrected chi connectivity index (χ3v) is 4.56. The Morgan fingerprint density at radius 3 is 2.65 bits per heavy atom. The first kappa shape index (κ1) is 16.2. The maximum Gasteiger partial charge on any atom is 0.242 e. The Hall–Kier alpha value is -1.64. The van der Waals surface area contributed by atoms with Crippen LogP contribution in [0.1, 0.15) is 37.9 Å². The van der Waals surface area contributed by atoms with E-state index < -0.39 is 0 Å². The van der Waals surface area contributed by atoms with Crippen LogP contribution in [-0.4, -0.2) is 31.2 Å². The number of rotatable bonds is 4. The zero-order valence-corrected chi connectivity index (χ0v) is 16.1. The Bertz CT molecular complexity index is 865. The molecule has 0 unspecified atom stereocenters. The summed E-state index contributed by atoms with van der Waals surface area (Å²) in [5, 5.41) is 10.0. The van der Waals surface area contributed by atoms with Gasteiger partial charge in [-0.1, -0.05) is 13.8 Å². The van der Waals surface area contributed by atoms with Gasteiger partial charge in [-0.25, -0.2) is 4.68 Å². The van der Waals surface area contributed by atoms with Gasteiger partial charge >= 0.3 is 0 Å². The maximum absolute atomic E-state index is 5.75. The zero-order chi connectivity index (χ0) is 16.7. The molecule has 23 heavy (non-hydrogen) atoms. The molecule has 0 saturated carbocycles. The number of halogens is 1. The van der Waals surface area contributed by atoms with Crippen molar-refractivity contribution in [3.8, 4) is 11.6 Å². The average Bonchev–Trinajstić information content (AvgIpc) is 2.96. The van der Waals surface area contributed by atoms with Gasteiger partial charge in [-0.15, -0.1) is 0 Å². The van der Waals surface area contributed by atoms with Crippen LogP contribution in [0.4, 0.5) is 0 Å². The molecule has 122 valence electrons. The summed E-state index contributed by atoms with van der Waals surface area (Å²) in [6.07, 6.45) is 1.95. The van der Waals surface area contributed by atoms with E-state index in [1.165, 1.54) is 5.56 Å². The second-order valence-corrected chi connectivity index (χ2v) is 6.84. The fourth-order valence-electron chi connectivity index (χ4n) is 2.81. The van der Waals surface area contributed by atoms with Crippen LogP contribution < -0.4 is 4.74 Å². The highest BCUT2D eigenvalue weighted by Gasteiger charge is 2.20. The quantitative estimate of drug-likeness (QED) is 0.600. The van der Waals surface area contributed by atoms with E-state index in [0.29, 0.717) is 24.1 Å². The van der Waals surface area contributed by atoms with Gasteiger partial charge in [0, 0.05) is 29.9 Å². The van der Waals surface area contributed by atoms with Gasteiger partial charge in [-0.2, -0.15) is 15.2 Å². The fraction of sp³-hybridized carbons (Fsp3) is 0.438. The van der Waals surface area contributed by atoms with Crippen molar-refractivity contribution in [2.24, 2.45) is 7.05 Å². The van der Waals surface area contributed by atoms with Crippen LogP contribution in [-0.2, 0) is 7.05 Å². The molecule has 0 saturated heterocycles. The number of aromatic nitrogens is 5. The predicted octanol–water partition coefficient (Wildman–Crippen LogP) is 3.59. The highest BCUT2D eigenvalue weighted by Crippen LogP contribution is 2.31. The van der Waals surface area contributed by atoms with Crippen molar-refractivity contribution in [3.63, 3.8) is 0 Å². The third kappa shape index (κ3) is 2.82. The summed E-state index contributed by atoms with van der Waals surface area (Å²) < 4.78 is 10.5. The lowest BCUT2D eigenvalue weighted by Gasteiger charge is -2.11. The Morgan fingerprint density at radius 2 is 2.04 bits per heavy atom. The molecular weight excluding hydrogens is 405 g/mol. The lowest BCUT2D eigenvalue weighted by atomic mass is 10.1. The van der Waals surface area contributed by atoms with Crippen molar-refractivity contribution in [1.82, 2.24) is 24.5 Å². The minimum Gasteiger partial charge on any atom is -0.476 e. The van der Waals surface area contributed by atoms with Crippen molar-refractivity contribution >= 4 is 33.6 Å². The molecule has 0 fully saturated rings. The van der Waals surface area contributed by atoms with Crippen molar-refractivity contribution in [2.45, 2.75) is 33.6 Å². The molecule has 0 atom stereocenters. The molecule has 7 heteroatoms. The lowest BCUT2D eigenvalue weighted by Crippen LogP contribution is -2.06. The van der Waals surface area contributed by atoms with Gasteiger partial charge < -0.3 is 4.74 Å². The Morgan fingerprint density at radius 1 is 1.30 bits per heavy atom. The summed E-state index contributed by atoms with van der Waals surface area (Å²) in [5.41, 5.74) is 3.92. The summed E-state index contributed by atoms with van der Waals surface area (Å²) >= 11 is 2.29. The molecule has 0 N–H and O–H groups in total. The van der Waals surface area contributed by atoms with Crippen molar-refractivity contribution in [2.75, 3.05) is 6.61 Å². The molecule has 3 rings (SSSR count). The molecule has 0 aliphatic rings. The van der Waals surface area contributed by atoms with E-state index in [9.17, 15) is 0 Å².